The van der Waals surface area contributed by atoms with Crippen molar-refractivity contribution >= 4 is 0 Å². The van der Waals surface area contributed by atoms with Crippen LogP contribution >= 0.6 is 0 Å². The Balaban J connectivity index is 2.83. The molecule has 0 saturated carbocycles. The van der Waals surface area contributed by atoms with E-state index in [2.05, 4.69) is 0 Å². The lowest BCUT2D eigenvalue weighted by atomic mass is 9.87. The molecule has 0 aliphatic carbocycles. The monoisotopic (exact) mass is 208 g/mol. The van der Waals surface area contributed by atoms with Crippen molar-refractivity contribution in [2.24, 2.45) is 0 Å². The molecular formula is C13H20O2. The molecule has 2 heteroatoms. The third-order valence-corrected chi connectivity index (χ3v) is 2.70. The maximum absolute atomic E-state index is 9.97. The van der Waals surface area contributed by atoms with E-state index in [1.165, 1.54) is 0 Å². The molecule has 0 fully saturated rings. The largest absolute Gasteiger partial charge is 0.393 e. The van der Waals surface area contributed by atoms with Gasteiger partial charge in [-0.3, -0.25) is 0 Å². The maximum atomic E-state index is 9.97. The van der Waals surface area contributed by atoms with E-state index in [0.717, 1.165) is 18.4 Å². The second-order valence-electron chi connectivity index (χ2n) is 4.03. The van der Waals surface area contributed by atoms with Crippen LogP contribution in [0.5, 0.6) is 0 Å². The minimum Gasteiger partial charge on any atom is -0.393 e. The summed E-state index contributed by atoms with van der Waals surface area (Å²) in [7, 11) is 0. The maximum Gasteiger partial charge on any atom is 0.0633 e. The molecule has 0 aromatic heterocycles. The molecule has 0 aliphatic heterocycles. The molecule has 0 amide bonds. The van der Waals surface area contributed by atoms with Gasteiger partial charge >= 0.3 is 0 Å². The molecule has 2 N–H and O–H groups in total. The van der Waals surface area contributed by atoms with Gasteiger partial charge in [0.2, 0.25) is 0 Å². The van der Waals surface area contributed by atoms with Crippen LogP contribution in [-0.4, -0.2) is 22.4 Å². The number of hydrogen-bond donors (Lipinski definition) is 2. The molecule has 0 aliphatic rings. The number of aliphatic hydroxyl groups excluding tert-OH is 2. The van der Waals surface area contributed by atoms with Crippen molar-refractivity contribution in [1.82, 2.24) is 0 Å². The van der Waals surface area contributed by atoms with Crippen molar-refractivity contribution < 1.29 is 10.2 Å². The fourth-order valence-electron chi connectivity index (χ4n) is 1.97. The minimum atomic E-state index is -0.519. The molecular weight excluding hydrogens is 188 g/mol. The zero-order valence-electron chi connectivity index (χ0n) is 9.43. The molecule has 0 unspecified atom stereocenters. The Kier molecular flexibility index (Phi) is 4.79. The molecule has 2 nitrogen and oxygen atoms in total. The Morgan fingerprint density at radius 3 is 2.20 bits per heavy atom. The highest BCUT2D eigenvalue weighted by atomic mass is 16.3. The molecule has 0 bridgehead atoms. The van der Waals surface area contributed by atoms with Crippen molar-refractivity contribution in [3.63, 3.8) is 0 Å². The first-order chi connectivity index (χ1) is 7.16. The van der Waals surface area contributed by atoms with Crippen molar-refractivity contribution in [2.45, 2.75) is 44.8 Å². The molecule has 0 saturated heterocycles. The third kappa shape index (κ3) is 3.33. The summed E-state index contributed by atoms with van der Waals surface area (Å²) < 4.78 is 0. The lowest BCUT2D eigenvalue weighted by Crippen LogP contribution is -2.27. The van der Waals surface area contributed by atoms with E-state index in [1.54, 1.807) is 6.92 Å². The SMILES string of the molecule is CCC[C@H](O)[C@H](c1ccccc1)[C@H](C)O. The van der Waals surface area contributed by atoms with E-state index < -0.39 is 12.2 Å². The average Bonchev–Trinajstić information content (AvgIpc) is 2.19. The quantitative estimate of drug-likeness (QED) is 0.779. The standard InChI is InChI=1S/C13H20O2/c1-3-7-12(15)13(10(2)14)11-8-5-4-6-9-11/h4-6,8-10,12-15H,3,7H2,1-2H3/t10-,12-,13-/m0/s1. The minimum absolute atomic E-state index is 0.175. The van der Waals surface area contributed by atoms with Gasteiger partial charge in [-0.1, -0.05) is 43.7 Å². The van der Waals surface area contributed by atoms with Crippen LogP contribution in [0.25, 0.3) is 0 Å². The molecule has 84 valence electrons. The van der Waals surface area contributed by atoms with Gasteiger partial charge in [-0.15, -0.1) is 0 Å². The van der Waals surface area contributed by atoms with Crippen LogP contribution in [0.15, 0.2) is 30.3 Å². The van der Waals surface area contributed by atoms with Gasteiger partial charge < -0.3 is 10.2 Å². The van der Waals surface area contributed by atoms with Gasteiger partial charge in [0, 0.05) is 5.92 Å². The van der Waals surface area contributed by atoms with E-state index in [0.29, 0.717) is 0 Å². The van der Waals surface area contributed by atoms with Gasteiger partial charge in [-0.25, -0.2) is 0 Å². The lowest BCUT2D eigenvalue weighted by molar-refractivity contribution is 0.0569. The van der Waals surface area contributed by atoms with Crippen LogP contribution in [-0.2, 0) is 0 Å². The highest BCUT2D eigenvalue weighted by Crippen LogP contribution is 2.25. The van der Waals surface area contributed by atoms with Crippen molar-refractivity contribution in [3.8, 4) is 0 Å². The zero-order chi connectivity index (χ0) is 11.3. The van der Waals surface area contributed by atoms with E-state index in [4.69, 9.17) is 0 Å². The third-order valence-electron chi connectivity index (χ3n) is 2.70. The van der Waals surface area contributed by atoms with E-state index in [9.17, 15) is 10.2 Å². The van der Waals surface area contributed by atoms with Gasteiger partial charge in [0.05, 0.1) is 12.2 Å². The first-order valence-electron chi connectivity index (χ1n) is 5.58. The number of rotatable bonds is 5. The zero-order valence-corrected chi connectivity index (χ0v) is 9.43. The summed E-state index contributed by atoms with van der Waals surface area (Å²) in [6, 6.07) is 9.72. The molecule has 0 heterocycles. The Labute approximate surface area is 91.6 Å². The Morgan fingerprint density at radius 2 is 1.73 bits per heavy atom. The molecule has 1 aromatic carbocycles. The smallest absolute Gasteiger partial charge is 0.0633 e. The van der Waals surface area contributed by atoms with E-state index in [-0.39, 0.29) is 5.92 Å². The summed E-state index contributed by atoms with van der Waals surface area (Å²) in [4.78, 5) is 0. The van der Waals surface area contributed by atoms with Crippen molar-refractivity contribution in [3.05, 3.63) is 35.9 Å². The van der Waals surface area contributed by atoms with Gasteiger partial charge in [-0.05, 0) is 18.9 Å². The normalized spacial score (nSPS) is 17.1. The molecule has 0 spiro atoms. The van der Waals surface area contributed by atoms with E-state index in [1.807, 2.05) is 37.3 Å². The fourth-order valence-corrected chi connectivity index (χ4v) is 1.97. The van der Waals surface area contributed by atoms with Crippen LogP contribution in [0.1, 0.15) is 38.2 Å². The number of benzene rings is 1. The second-order valence-corrected chi connectivity index (χ2v) is 4.03. The van der Waals surface area contributed by atoms with Gasteiger partial charge in [0.25, 0.3) is 0 Å². The van der Waals surface area contributed by atoms with Gasteiger partial charge in [-0.2, -0.15) is 0 Å². The summed E-state index contributed by atoms with van der Waals surface area (Å²) in [6.07, 6.45) is 0.674. The first-order valence-corrected chi connectivity index (χ1v) is 5.58. The van der Waals surface area contributed by atoms with Crippen LogP contribution in [0, 0.1) is 0 Å². The molecule has 15 heavy (non-hydrogen) atoms. The highest BCUT2D eigenvalue weighted by Gasteiger charge is 2.24. The predicted molar refractivity (Wildman–Crippen MR) is 61.8 cm³/mol. The predicted octanol–water partition coefficient (Wildman–Crippen LogP) is 2.31. The summed E-state index contributed by atoms with van der Waals surface area (Å²) in [5.41, 5.74) is 1.01. The second kappa shape index (κ2) is 5.89. The molecule has 1 aromatic rings. The fraction of sp³-hybridized carbons (Fsp3) is 0.538. The van der Waals surface area contributed by atoms with Gasteiger partial charge in [0.1, 0.15) is 0 Å². The van der Waals surface area contributed by atoms with Crippen LogP contribution in [0.3, 0.4) is 0 Å². The van der Waals surface area contributed by atoms with Crippen LogP contribution in [0.2, 0.25) is 0 Å². The highest BCUT2D eigenvalue weighted by molar-refractivity contribution is 5.21. The Hall–Kier alpha value is -0.860. The topological polar surface area (TPSA) is 40.5 Å². The van der Waals surface area contributed by atoms with E-state index >= 15 is 0 Å². The summed E-state index contributed by atoms with van der Waals surface area (Å²) in [5.74, 6) is -0.175. The van der Waals surface area contributed by atoms with Gasteiger partial charge in [0.15, 0.2) is 0 Å². The first kappa shape index (κ1) is 12.2. The lowest BCUT2D eigenvalue weighted by Gasteiger charge is -2.25. The Bertz CT molecular complexity index is 269. The molecule has 3 atom stereocenters. The molecule has 1 rings (SSSR count). The van der Waals surface area contributed by atoms with Crippen LogP contribution in [0.4, 0.5) is 0 Å². The average molecular weight is 208 g/mol. The summed E-state index contributed by atoms with van der Waals surface area (Å²) in [6.45, 7) is 3.77. The van der Waals surface area contributed by atoms with Crippen LogP contribution < -0.4 is 0 Å². The molecule has 0 radical (unpaired) electrons. The summed E-state index contributed by atoms with van der Waals surface area (Å²) >= 11 is 0. The van der Waals surface area contributed by atoms with Crippen molar-refractivity contribution in [2.75, 3.05) is 0 Å². The summed E-state index contributed by atoms with van der Waals surface area (Å²) in [5, 5.41) is 19.7. The number of aliphatic hydroxyl groups is 2. The number of hydrogen-bond acceptors (Lipinski definition) is 2. The van der Waals surface area contributed by atoms with Crippen molar-refractivity contribution in [1.29, 1.82) is 0 Å². The Morgan fingerprint density at radius 1 is 1.13 bits per heavy atom.